The molecular formula is C22H28N2O4. The number of methoxy groups -OCH3 is 2. The molecule has 1 heterocycles. The Hall–Kier alpha value is -2.89. The average Bonchev–Trinajstić information content (AvgIpc) is 2.73. The fourth-order valence-electron chi connectivity index (χ4n) is 3.30. The van der Waals surface area contributed by atoms with Gasteiger partial charge < -0.3 is 24.0 Å². The molecule has 0 aliphatic carbocycles. The molecule has 2 aromatic carbocycles. The molecular weight excluding hydrogens is 356 g/mol. The van der Waals surface area contributed by atoms with E-state index in [0.29, 0.717) is 30.2 Å². The molecule has 28 heavy (non-hydrogen) atoms. The predicted octanol–water partition coefficient (Wildman–Crippen LogP) is 3.45. The predicted molar refractivity (Wildman–Crippen MR) is 110 cm³/mol. The van der Waals surface area contributed by atoms with Crippen molar-refractivity contribution in [3.63, 3.8) is 0 Å². The van der Waals surface area contributed by atoms with Gasteiger partial charge in [-0.25, -0.2) is 0 Å². The summed E-state index contributed by atoms with van der Waals surface area (Å²) in [5.74, 6) is 2.09. The van der Waals surface area contributed by atoms with Crippen LogP contribution in [0.2, 0.25) is 0 Å². The molecule has 0 aromatic heterocycles. The second-order valence-electron chi connectivity index (χ2n) is 7.01. The van der Waals surface area contributed by atoms with Crippen LogP contribution in [0.25, 0.3) is 0 Å². The van der Waals surface area contributed by atoms with Crippen molar-refractivity contribution >= 4 is 11.6 Å². The van der Waals surface area contributed by atoms with Gasteiger partial charge in [-0.3, -0.25) is 4.79 Å². The van der Waals surface area contributed by atoms with Crippen molar-refractivity contribution in [2.24, 2.45) is 0 Å². The Labute approximate surface area is 166 Å². The minimum Gasteiger partial charge on any atom is -0.497 e. The van der Waals surface area contributed by atoms with E-state index in [1.54, 1.807) is 32.4 Å². The van der Waals surface area contributed by atoms with Crippen LogP contribution in [0, 0.1) is 0 Å². The number of carbonyl (C=O) groups excluding carboxylic acids is 1. The van der Waals surface area contributed by atoms with Crippen LogP contribution in [-0.2, 0) is 0 Å². The molecule has 0 radical (unpaired) electrons. The Morgan fingerprint density at radius 2 is 1.57 bits per heavy atom. The normalized spacial score (nSPS) is 14.2. The fourth-order valence-corrected chi connectivity index (χ4v) is 3.30. The summed E-state index contributed by atoms with van der Waals surface area (Å²) in [6.07, 6.45) is 0.0430. The number of hydrogen-bond donors (Lipinski definition) is 0. The first-order valence-corrected chi connectivity index (χ1v) is 9.54. The molecule has 0 atom stereocenters. The minimum absolute atomic E-state index is 0.0174. The number of piperazine rings is 1. The highest BCUT2D eigenvalue weighted by Crippen LogP contribution is 2.30. The van der Waals surface area contributed by atoms with E-state index in [1.807, 2.05) is 30.9 Å². The summed E-state index contributed by atoms with van der Waals surface area (Å²) in [5.41, 5.74) is 1.76. The van der Waals surface area contributed by atoms with E-state index in [1.165, 1.54) is 0 Å². The Morgan fingerprint density at radius 3 is 2.14 bits per heavy atom. The molecule has 1 amide bonds. The van der Waals surface area contributed by atoms with E-state index in [0.717, 1.165) is 24.5 Å². The number of amides is 1. The van der Waals surface area contributed by atoms with Gasteiger partial charge in [0.1, 0.15) is 5.75 Å². The number of anilines is 1. The van der Waals surface area contributed by atoms with E-state index in [4.69, 9.17) is 14.2 Å². The van der Waals surface area contributed by atoms with Gasteiger partial charge in [0, 0.05) is 37.4 Å². The molecule has 150 valence electrons. The van der Waals surface area contributed by atoms with E-state index in [-0.39, 0.29) is 12.0 Å². The molecule has 0 bridgehead atoms. The van der Waals surface area contributed by atoms with Gasteiger partial charge in [0.05, 0.1) is 20.3 Å². The lowest BCUT2D eigenvalue weighted by atomic mass is 10.1. The molecule has 2 aromatic rings. The molecule has 0 unspecified atom stereocenters. The van der Waals surface area contributed by atoms with Gasteiger partial charge in [-0.1, -0.05) is 0 Å². The quantitative estimate of drug-likeness (QED) is 0.764. The molecule has 0 spiro atoms. The SMILES string of the molecule is COc1ccc(N2CCN(C(=O)c3ccc(OC(C)C)c(OC)c3)CC2)cc1. The van der Waals surface area contributed by atoms with Gasteiger partial charge in [0.15, 0.2) is 11.5 Å². The van der Waals surface area contributed by atoms with Gasteiger partial charge in [0.2, 0.25) is 0 Å². The highest BCUT2D eigenvalue weighted by molar-refractivity contribution is 5.95. The van der Waals surface area contributed by atoms with Crippen molar-refractivity contribution in [3.8, 4) is 17.2 Å². The summed E-state index contributed by atoms with van der Waals surface area (Å²) in [6, 6.07) is 13.4. The third-order valence-electron chi connectivity index (χ3n) is 4.78. The Balaban J connectivity index is 1.64. The monoisotopic (exact) mass is 384 g/mol. The van der Waals surface area contributed by atoms with Crippen LogP contribution in [0.4, 0.5) is 5.69 Å². The first-order chi connectivity index (χ1) is 13.5. The van der Waals surface area contributed by atoms with Crippen LogP contribution in [0.3, 0.4) is 0 Å². The van der Waals surface area contributed by atoms with Crippen molar-refractivity contribution in [1.82, 2.24) is 4.90 Å². The first-order valence-electron chi connectivity index (χ1n) is 9.54. The van der Waals surface area contributed by atoms with Crippen LogP contribution >= 0.6 is 0 Å². The minimum atomic E-state index is 0.0174. The number of nitrogens with zero attached hydrogens (tertiary/aromatic N) is 2. The second kappa shape index (κ2) is 8.87. The van der Waals surface area contributed by atoms with Crippen LogP contribution < -0.4 is 19.1 Å². The van der Waals surface area contributed by atoms with Crippen LogP contribution in [0.5, 0.6) is 17.2 Å². The second-order valence-corrected chi connectivity index (χ2v) is 7.01. The maximum Gasteiger partial charge on any atom is 0.254 e. The molecule has 6 heteroatoms. The largest absolute Gasteiger partial charge is 0.497 e. The third kappa shape index (κ3) is 4.50. The zero-order valence-electron chi connectivity index (χ0n) is 17.0. The van der Waals surface area contributed by atoms with E-state index < -0.39 is 0 Å². The molecule has 1 aliphatic rings. The van der Waals surface area contributed by atoms with Crippen molar-refractivity contribution in [3.05, 3.63) is 48.0 Å². The maximum atomic E-state index is 12.9. The number of carbonyl (C=O) groups is 1. The van der Waals surface area contributed by atoms with Crippen LogP contribution in [0.1, 0.15) is 24.2 Å². The number of hydrogen-bond acceptors (Lipinski definition) is 5. The molecule has 3 rings (SSSR count). The lowest BCUT2D eigenvalue weighted by Gasteiger charge is -2.36. The summed E-state index contributed by atoms with van der Waals surface area (Å²) in [4.78, 5) is 17.1. The van der Waals surface area contributed by atoms with E-state index in [2.05, 4.69) is 17.0 Å². The summed E-state index contributed by atoms with van der Waals surface area (Å²) in [5, 5.41) is 0. The lowest BCUT2D eigenvalue weighted by Crippen LogP contribution is -2.48. The maximum absolute atomic E-state index is 12.9. The van der Waals surface area contributed by atoms with Gasteiger partial charge in [-0.05, 0) is 56.3 Å². The molecule has 0 saturated carbocycles. The van der Waals surface area contributed by atoms with Crippen molar-refractivity contribution in [2.45, 2.75) is 20.0 Å². The molecule has 0 N–H and O–H groups in total. The van der Waals surface area contributed by atoms with Gasteiger partial charge in [-0.15, -0.1) is 0 Å². The van der Waals surface area contributed by atoms with Gasteiger partial charge in [0.25, 0.3) is 5.91 Å². The number of benzene rings is 2. The molecule has 6 nitrogen and oxygen atoms in total. The average molecular weight is 384 g/mol. The van der Waals surface area contributed by atoms with Crippen molar-refractivity contribution < 1.29 is 19.0 Å². The number of ether oxygens (including phenoxy) is 3. The molecule has 1 aliphatic heterocycles. The highest BCUT2D eigenvalue weighted by Gasteiger charge is 2.23. The smallest absolute Gasteiger partial charge is 0.254 e. The number of rotatable bonds is 6. The summed E-state index contributed by atoms with van der Waals surface area (Å²) in [6.45, 7) is 6.87. The van der Waals surface area contributed by atoms with Crippen LogP contribution in [0.15, 0.2) is 42.5 Å². The van der Waals surface area contributed by atoms with E-state index in [9.17, 15) is 4.79 Å². The standard InChI is InChI=1S/C22H28N2O4/c1-16(2)28-20-10-5-17(15-21(20)27-4)22(25)24-13-11-23(12-14-24)18-6-8-19(26-3)9-7-18/h5-10,15-16H,11-14H2,1-4H3. The Morgan fingerprint density at radius 1 is 0.893 bits per heavy atom. The topological polar surface area (TPSA) is 51.2 Å². The van der Waals surface area contributed by atoms with Gasteiger partial charge in [-0.2, -0.15) is 0 Å². The first kappa shape index (κ1) is 19.9. The Bertz CT molecular complexity index is 797. The zero-order valence-corrected chi connectivity index (χ0v) is 17.0. The van der Waals surface area contributed by atoms with Crippen LogP contribution in [-0.4, -0.2) is 57.3 Å². The van der Waals surface area contributed by atoms with Crippen molar-refractivity contribution in [2.75, 3.05) is 45.3 Å². The van der Waals surface area contributed by atoms with E-state index >= 15 is 0 Å². The van der Waals surface area contributed by atoms with Crippen molar-refractivity contribution in [1.29, 1.82) is 0 Å². The zero-order chi connectivity index (χ0) is 20.1. The fraction of sp³-hybridized carbons (Fsp3) is 0.409. The van der Waals surface area contributed by atoms with Gasteiger partial charge >= 0.3 is 0 Å². The highest BCUT2D eigenvalue weighted by atomic mass is 16.5. The summed E-state index contributed by atoms with van der Waals surface area (Å²) < 4.78 is 16.3. The third-order valence-corrected chi connectivity index (χ3v) is 4.78. The lowest BCUT2D eigenvalue weighted by molar-refractivity contribution is 0.0746. The summed E-state index contributed by atoms with van der Waals surface area (Å²) >= 11 is 0. The molecule has 1 saturated heterocycles. The Kier molecular flexibility index (Phi) is 6.29. The molecule has 1 fully saturated rings. The summed E-state index contributed by atoms with van der Waals surface area (Å²) in [7, 11) is 3.25.